The first kappa shape index (κ1) is 20.1. The first-order valence-electron chi connectivity index (χ1n) is 8.07. The summed E-state index contributed by atoms with van der Waals surface area (Å²) in [6, 6.07) is 13.2. The minimum absolute atomic E-state index is 0.284. The maximum Gasteiger partial charge on any atom is 0.286 e. The van der Waals surface area contributed by atoms with Crippen LogP contribution in [-0.4, -0.2) is 34.8 Å². The Kier molecular flexibility index (Phi) is 6.10. The minimum Gasteiger partial charge on any atom is -0.284 e. The summed E-state index contributed by atoms with van der Waals surface area (Å²) in [6.07, 6.45) is 0. The number of carbonyl (C=O) groups excluding carboxylic acids is 1. The van der Waals surface area contributed by atoms with Gasteiger partial charge in [-0.25, -0.2) is 9.69 Å². The molecule has 0 unspecified atom stereocenters. The van der Waals surface area contributed by atoms with Crippen LogP contribution in [0.15, 0.2) is 42.5 Å². The molecule has 1 aromatic heterocycles. The van der Waals surface area contributed by atoms with Gasteiger partial charge in [0.2, 0.25) is 0 Å². The number of hydrogen-bond donors (Lipinski definition) is 1. The Morgan fingerprint density at radius 1 is 1.15 bits per heavy atom. The van der Waals surface area contributed by atoms with E-state index in [9.17, 15) is 4.79 Å². The number of hydrogen-bond acceptors (Lipinski definition) is 3. The van der Waals surface area contributed by atoms with Gasteiger partial charge in [0.1, 0.15) is 0 Å². The maximum atomic E-state index is 12.6. The number of aromatic nitrogens is 2. The molecule has 3 rings (SSSR count). The maximum absolute atomic E-state index is 12.6. The monoisotopic (exact) mass is 510 g/mol. The average molecular weight is 511 g/mol. The number of amides is 1. The zero-order valence-corrected chi connectivity index (χ0v) is 18.6. The second-order valence-electron chi connectivity index (χ2n) is 6.17. The molecular weight excluding hydrogens is 494 g/mol. The van der Waals surface area contributed by atoms with Gasteiger partial charge < -0.3 is 0 Å². The lowest BCUT2D eigenvalue weighted by Crippen LogP contribution is -2.36. The van der Waals surface area contributed by atoms with Crippen LogP contribution in [0.1, 0.15) is 16.1 Å². The molecule has 3 aromatic rings. The Hall–Kier alpha value is -1.61. The van der Waals surface area contributed by atoms with Crippen molar-refractivity contribution in [1.29, 1.82) is 0 Å². The molecule has 1 heterocycles. The largest absolute Gasteiger partial charge is 0.286 e. The number of hydrazine groups is 1. The highest BCUT2D eigenvalue weighted by Gasteiger charge is 2.23. The number of carbonyl (C=O) groups is 1. The van der Waals surface area contributed by atoms with Gasteiger partial charge in [0.25, 0.3) is 5.91 Å². The van der Waals surface area contributed by atoms with E-state index in [1.54, 1.807) is 42.0 Å². The van der Waals surface area contributed by atoms with E-state index in [2.05, 4.69) is 33.1 Å². The van der Waals surface area contributed by atoms with Crippen molar-refractivity contribution >= 4 is 51.7 Å². The molecule has 0 bridgehead atoms. The Balaban J connectivity index is 2.24. The number of halogens is 3. The van der Waals surface area contributed by atoms with Gasteiger partial charge in [0, 0.05) is 33.8 Å². The summed E-state index contributed by atoms with van der Waals surface area (Å²) < 4.78 is 2.82. The molecule has 5 nitrogen and oxygen atoms in total. The second kappa shape index (κ2) is 8.18. The lowest BCUT2D eigenvalue weighted by molar-refractivity contribution is 0.0850. The highest BCUT2D eigenvalue weighted by atomic mass is 123. The molecule has 0 spiro atoms. The fourth-order valence-electron chi connectivity index (χ4n) is 2.74. The van der Waals surface area contributed by atoms with Crippen molar-refractivity contribution in [2.45, 2.75) is 6.92 Å². The predicted octanol–water partition coefficient (Wildman–Crippen LogP) is 4.97. The Bertz CT molecular complexity index is 1000. The fraction of sp³-hybridized carbons (Fsp3) is 0.158. The molecule has 0 aliphatic heterocycles. The third kappa shape index (κ3) is 4.29. The Labute approximate surface area is 181 Å². The van der Waals surface area contributed by atoms with Crippen molar-refractivity contribution in [2.24, 2.45) is 0 Å². The topological polar surface area (TPSA) is 50.2 Å². The summed E-state index contributed by atoms with van der Waals surface area (Å²) in [7, 11) is 3.50. The van der Waals surface area contributed by atoms with E-state index in [0.717, 1.165) is 20.4 Å². The van der Waals surface area contributed by atoms with E-state index in [1.165, 1.54) is 0 Å². The third-order valence-corrected chi connectivity index (χ3v) is 5.18. The summed E-state index contributed by atoms with van der Waals surface area (Å²) >= 11 is 14.7. The van der Waals surface area contributed by atoms with Crippen LogP contribution in [0.25, 0.3) is 16.9 Å². The number of nitrogens with one attached hydrogen (secondary N) is 1. The SMILES string of the molecule is Cc1c(C(=O)NN(C)C)nn(-c2ccc(Cl)cc2Cl)c1-c1ccc([123I])cc1. The van der Waals surface area contributed by atoms with Gasteiger partial charge >= 0.3 is 0 Å². The van der Waals surface area contributed by atoms with Crippen LogP contribution >= 0.6 is 45.8 Å². The van der Waals surface area contributed by atoms with Crippen molar-refractivity contribution in [3.05, 3.63) is 67.3 Å². The molecule has 0 saturated heterocycles. The first-order valence-corrected chi connectivity index (χ1v) is 9.90. The van der Waals surface area contributed by atoms with Crippen LogP contribution < -0.4 is 5.43 Å². The molecule has 0 atom stereocenters. The molecule has 0 saturated carbocycles. The highest BCUT2D eigenvalue weighted by Crippen LogP contribution is 2.32. The van der Waals surface area contributed by atoms with Gasteiger partial charge in [-0.05, 0) is 59.8 Å². The Morgan fingerprint density at radius 2 is 1.81 bits per heavy atom. The normalized spacial score (nSPS) is 11.1. The predicted molar refractivity (Wildman–Crippen MR) is 118 cm³/mol. The lowest BCUT2D eigenvalue weighted by atomic mass is 10.1. The van der Waals surface area contributed by atoms with Crippen molar-refractivity contribution < 1.29 is 4.79 Å². The molecule has 0 aliphatic rings. The minimum atomic E-state index is -0.284. The van der Waals surface area contributed by atoms with Crippen LogP contribution in [0.3, 0.4) is 0 Å². The molecule has 1 N–H and O–H groups in total. The lowest BCUT2D eigenvalue weighted by Gasteiger charge is -2.11. The number of rotatable bonds is 4. The van der Waals surface area contributed by atoms with Gasteiger partial charge in [0.15, 0.2) is 5.69 Å². The van der Waals surface area contributed by atoms with E-state index in [4.69, 9.17) is 23.2 Å². The zero-order valence-electron chi connectivity index (χ0n) is 14.9. The van der Waals surface area contributed by atoms with E-state index in [1.807, 2.05) is 31.2 Å². The van der Waals surface area contributed by atoms with Gasteiger partial charge in [-0.1, -0.05) is 35.3 Å². The number of nitrogens with zero attached hydrogens (tertiary/aromatic N) is 3. The molecule has 0 fully saturated rings. The molecule has 140 valence electrons. The smallest absolute Gasteiger partial charge is 0.284 e. The summed E-state index contributed by atoms with van der Waals surface area (Å²) in [6.45, 7) is 1.88. The quantitative estimate of drug-likeness (QED) is 0.398. The summed E-state index contributed by atoms with van der Waals surface area (Å²) in [5, 5.41) is 7.15. The van der Waals surface area contributed by atoms with Crippen molar-refractivity contribution in [3.8, 4) is 16.9 Å². The van der Waals surface area contributed by atoms with E-state index >= 15 is 0 Å². The summed E-state index contributed by atoms with van der Waals surface area (Å²) in [4.78, 5) is 12.6. The average Bonchev–Trinajstić information content (AvgIpc) is 2.92. The van der Waals surface area contributed by atoms with E-state index < -0.39 is 0 Å². The molecule has 0 radical (unpaired) electrons. The standard InChI is InChI=1S/C19H17Cl2IN4O/c1-11-17(19(27)24-25(2)3)23-26(16-9-6-13(20)10-15(16)21)18(11)12-4-7-14(22)8-5-12/h4-10H,1-3H3,(H,24,27)/i22-4. The van der Waals surface area contributed by atoms with Crippen molar-refractivity contribution in [2.75, 3.05) is 14.1 Å². The van der Waals surface area contributed by atoms with Gasteiger partial charge in [-0.3, -0.25) is 10.2 Å². The van der Waals surface area contributed by atoms with E-state index in [0.29, 0.717) is 21.4 Å². The van der Waals surface area contributed by atoms with Gasteiger partial charge in [-0.2, -0.15) is 5.10 Å². The van der Waals surface area contributed by atoms with Crippen LogP contribution in [0.2, 0.25) is 10.0 Å². The zero-order chi connectivity index (χ0) is 19.7. The van der Waals surface area contributed by atoms with Crippen LogP contribution in [0, 0.1) is 10.5 Å². The molecule has 0 aliphatic carbocycles. The highest BCUT2D eigenvalue weighted by molar-refractivity contribution is 14.1. The van der Waals surface area contributed by atoms with Gasteiger partial charge in [0.05, 0.1) is 16.4 Å². The molecule has 2 aromatic carbocycles. The van der Waals surface area contributed by atoms with Crippen molar-refractivity contribution in [1.82, 2.24) is 20.2 Å². The molecule has 8 heteroatoms. The third-order valence-electron chi connectivity index (χ3n) is 3.92. The molecule has 27 heavy (non-hydrogen) atoms. The van der Waals surface area contributed by atoms with Crippen LogP contribution in [0.4, 0.5) is 0 Å². The van der Waals surface area contributed by atoms with Crippen molar-refractivity contribution in [3.63, 3.8) is 0 Å². The second-order valence-corrected chi connectivity index (χ2v) is 8.26. The van der Waals surface area contributed by atoms with Crippen LogP contribution in [-0.2, 0) is 0 Å². The molecular formula is C19H17Cl2IN4O. The fourth-order valence-corrected chi connectivity index (χ4v) is 3.59. The first-order chi connectivity index (χ1) is 12.8. The number of benzene rings is 2. The Morgan fingerprint density at radius 3 is 2.41 bits per heavy atom. The van der Waals surface area contributed by atoms with Gasteiger partial charge in [-0.15, -0.1) is 0 Å². The summed E-state index contributed by atoms with van der Waals surface area (Å²) in [5.41, 5.74) is 6.24. The summed E-state index contributed by atoms with van der Waals surface area (Å²) in [5.74, 6) is -0.284. The molecule has 1 amide bonds. The van der Waals surface area contributed by atoms with E-state index in [-0.39, 0.29) is 5.91 Å². The van der Waals surface area contributed by atoms with Crippen LogP contribution in [0.5, 0.6) is 0 Å².